The van der Waals surface area contributed by atoms with Gasteiger partial charge < -0.3 is 14.7 Å². The summed E-state index contributed by atoms with van der Waals surface area (Å²) in [7, 11) is 0. The standard InChI is InChI=1S/C70H53N3/c1-70(58-16-8-3-9-17-58)59-34-48-68(49-35-59)72(62-20-12-5-13-21-62)66-44-30-56(31-45-66)54-26-40-64(41-27-54)71(61-18-10-4-11-19-61)65-42-28-55(29-43-65)57-32-46-67(47-33-57)73(69-50-36-60(70)37-51-69)63-38-24-53(25-39-63)23-22-52-14-6-2-7-15-52/h2-51H,1H3. The Labute approximate surface area is 429 Å². The molecule has 0 aliphatic carbocycles. The summed E-state index contributed by atoms with van der Waals surface area (Å²) in [4.78, 5) is 7.03. The van der Waals surface area contributed by atoms with Crippen molar-refractivity contribution in [2.75, 3.05) is 14.7 Å². The minimum atomic E-state index is -0.456. The Hall–Kier alpha value is -9.44. The number of anilines is 9. The highest BCUT2D eigenvalue weighted by atomic mass is 15.2. The van der Waals surface area contributed by atoms with E-state index >= 15 is 0 Å². The molecule has 1 unspecified atom stereocenters. The maximum absolute atomic E-state index is 2.36. The van der Waals surface area contributed by atoms with Crippen molar-refractivity contribution in [2.24, 2.45) is 0 Å². The van der Waals surface area contributed by atoms with Crippen LogP contribution in [0.4, 0.5) is 51.2 Å². The normalized spacial score (nSPS) is 14.3. The number of rotatable bonds is 6. The Bertz CT molecular complexity index is 3600. The molecule has 1 atom stereocenters. The van der Waals surface area contributed by atoms with Gasteiger partial charge in [-0.25, -0.2) is 0 Å². The van der Waals surface area contributed by atoms with Crippen LogP contribution in [-0.4, -0.2) is 0 Å². The number of para-hydroxylation sites is 2. The van der Waals surface area contributed by atoms with Crippen molar-refractivity contribution in [3.8, 4) is 22.3 Å². The fraction of sp³-hybridized carbons (Fsp3) is 0.0286. The first-order valence-electron chi connectivity index (χ1n) is 25.1. The third kappa shape index (κ3) is 9.01. The topological polar surface area (TPSA) is 9.72 Å². The van der Waals surface area contributed by atoms with Crippen LogP contribution in [0.2, 0.25) is 0 Å². The quantitative estimate of drug-likeness (QED) is 0.154. The first kappa shape index (κ1) is 44.7. The highest BCUT2D eigenvalue weighted by molar-refractivity contribution is 5.84. The number of nitrogens with zero attached hydrogens (tertiary/aromatic N) is 3. The van der Waals surface area contributed by atoms with E-state index in [0.717, 1.165) is 79.0 Å². The van der Waals surface area contributed by atoms with Gasteiger partial charge in [-0.05, 0) is 166 Å². The minimum absolute atomic E-state index is 0.456. The summed E-state index contributed by atoms with van der Waals surface area (Å²) >= 11 is 0. The van der Waals surface area contributed by atoms with Gasteiger partial charge in [-0.1, -0.05) is 194 Å². The van der Waals surface area contributed by atoms with Crippen LogP contribution in [-0.2, 0) is 5.41 Å². The molecule has 0 saturated carbocycles. The van der Waals surface area contributed by atoms with E-state index in [4.69, 9.17) is 0 Å². The Morgan fingerprint density at radius 1 is 0.219 bits per heavy atom. The average Bonchev–Trinajstić information content (AvgIpc) is 3.47. The van der Waals surface area contributed by atoms with Crippen LogP contribution in [0.25, 0.3) is 34.4 Å². The van der Waals surface area contributed by atoms with Gasteiger partial charge in [0.2, 0.25) is 0 Å². The highest BCUT2D eigenvalue weighted by Gasteiger charge is 2.32. The monoisotopic (exact) mass is 935 g/mol. The number of hydrogen-bond donors (Lipinski definition) is 0. The summed E-state index contributed by atoms with van der Waals surface area (Å²) in [6.45, 7) is 2.36. The van der Waals surface area contributed by atoms with Crippen LogP contribution >= 0.6 is 0 Å². The van der Waals surface area contributed by atoms with Crippen molar-refractivity contribution in [2.45, 2.75) is 12.3 Å². The second-order valence-electron chi connectivity index (χ2n) is 18.8. The zero-order valence-corrected chi connectivity index (χ0v) is 40.7. The fourth-order valence-corrected chi connectivity index (χ4v) is 10.4. The van der Waals surface area contributed by atoms with Crippen molar-refractivity contribution in [3.05, 3.63) is 319 Å². The molecule has 10 aliphatic rings. The largest absolute Gasteiger partial charge is 0.311 e. The van der Waals surface area contributed by atoms with Gasteiger partial charge in [0.05, 0.1) is 0 Å². The lowest BCUT2D eigenvalue weighted by atomic mass is 9.71. The van der Waals surface area contributed by atoms with Crippen molar-refractivity contribution >= 4 is 63.3 Å². The first-order valence-corrected chi connectivity index (χ1v) is 25.1. The zero-order chi connectivity index (χ0) is 49.0. The summed E-state index contributed by atoms with van der Waals surface area (Å²) < 4.78 is 0. The van der Waals surface area contributed by atoms with Gasteiger partial charge >= 0.3 is 0 Å². The van der Waals surface area contributed by atoms with Gasteiger partial charge in [-0.2, -0.15) is 0 Å². The van der Waals surface area contributed by atoms with Crippen LogP contribution in [0.3, 0.4) is 0 Å². The first-order chi connectivity index (χ1) is 36.0. The predicted octanol–water partition coefficient (Wildman–Crippen LogP) is 19.3. The van der Waals surface area contributed by atoms with Gasteiger partial charge in [0.25, 0.3) is 0 Å². The molecule has 0 radical (unpaired) electrons. The molecule has 0 aromatic heterocycles. The van der Waals surface area contributed by atoms with E-state index in [1.54, 1.807) is 0 Å². The molecule has 0 amide bonds. The van der Waals surface area contributed by atoms with Crippen LogP contribution in [0, 0.1) is 0 Å². The van der Waals surface area contributed by atoms with Gasteiger partial charge in [-0.3, -0.25) is 0 Å². The van der Waals surface area contributed by atoms with E-state index < -0.39 is 5.41 Å². The van der Waals surface area contributed by atoms with Crippen molar-refractivity contribution < 1.29 is 0 Å². The Morgan fingerprint density at radius 2 is 0.438 bits per heavy atom. The predicted molar refractivity (Wildman–Crippen MR) is 309 cm³/mol. The lowest BCUT2D eigenvalue weighted by molar-refractivity contribution is 0.692. The van der Waals surface area contributed by atoms with E-state index in [-0.39, 0.29) is 0 Å². The van der Waals surface area contributed by atoms with Gasteiger partial charge in [0.1, 0.15) is 0 Å². The Balaban J connectivity index is 0.998. The van der Waals surface area contributed by atoms with Crippen LogP contribution in [0.5, 0.6) is 0 Å². The van der Waals surface area contributed by atoms with Gasteiger partial charge in [0, 0.05) is 56.6 Å². The van der Waals surface area contributed by atoms with E-state index in [1.807, 2.05) is 0 Å². The molecule has 12 bridgehead atoms. The molecule has 0 spiro atoms. The molecule has 0 fully saturated rings. The summed E-state index contributed by atoms with van der Waals surface area (Å²) in [6, 6.07) is 106. The smallest absolute Gasteiger partial charge is 0.0462 e. The summed E-state index contributed by atoms with van der Waals surface area (Å²) in [5.74, 6) is 0. The van der Waals surface area contributed by atoms with Crippen molar-refractivity contribution in [3.63, 3.8) is 0 Å². The second kappa shape index (κ2) is 19.8. The SMILES string of the molecule is CC1(c2ccccc2)c2ccc(cc2)N(c2ccccc2)c2ccc(cc2)-c2ccc(cc2)N(c2ccccc2)c2ccc(cc2)-c2ccc(cc2)N(c2ccc(C=Cc3ccccc3)cc2)c2ccc1cc2. The van der Waals surface area contributed by atoms with E-state index in [0.29, 0.717) is 0 Å². The van der Waals surface area contributed by atoms with Gasteiger partial charge in [-0.15, -0.1) is 0 Å². The molecule has 3 heteroatoms. The lowest BCUT2D eigenvalue weighted by Crippen LogP contribution is -2.25. The third-order valence-corrected chi connectivity index (χ3v) is 14.4. The average molecular weight is 936 g/mol. The Kier molecular flexibility index (Phi) is 12.1. The number of benzene rings is 11. The van der Waals surface area contributed by atoms with Gasteiger partial charge in [0.15, 0.2) is 0 Å². The maximum Gasteiger partial charge on any atom is 0.0462 e. The molecule has 10 aliphatic heterocycles. The molecule has 73 heavy (non-hydrogen) atoms. The van der Waals surface area contributed by atoms with Crippen LogP contribution in [0.1, 0.15) is 34.7 Å². The molecular weight excluding hydrogens is 883 g/mol. The van der Waals surface area contributed by atoms with E-state index in [2.05, 4.69) is 325 Å². The third-order valence-electron chi connectivity index (χ3n) is 14.4. The van der Waals surface area contributed by atoms with Crippen LogP contribution in [0.15, 0.2) is 291 Å². The molecule has 3 nitrogen and oxygen atoms in total. The van der Waals surface area contributed by atoms with Crippen molar-refractivity contribution in [1.29, 1.82) is 0 Å². The Morgan fingerprint density at radius 3 is 0.753 bits per heavy atom. The molecule has 11 aromatic carbocycles. The maximum atomic E-state index is 2.36. The molecule has 0 saturated heterocycles. The van der Waals surface area contributed by atoms with Crippen molar-refractivity contribution in [1.82, 2.24) is 0 Å². The molecule has 11 aromatic rings. The van der Waals surface area contributed by atoms with E-state index in [9.17, 15) is 0 Å². The molecule has 21 rings (SSSR count). The number of hydrogen-bond acceptors (Lipinski definition) is 3. The fourth-order valence-electron chi connectivity index (χ4n) is 10.4. The zero-order valence-electron chi connectivity index (χ0n) is 40.7. The molecular formula is C70H53N3. The summed E-state index contributed by atoms with van der Waals surface area (Å²) in [5, 5.41) is 0. The summed E-state index contributed by atoms with van der Waals surface area (Å²) in [5.41, 5.74) is 19.9. The van der Waals surface area contributed by atoms with Crippen LogP contribution < -0.4 is 14.7 Å². The minimum Gasteiger partial charge on any atom is -0.311 e. The summed E-state index contributed by atoms with van der Waals surface area (Å²) in [6.07, 6.45) is 4.34. The van der Waals surface area contributed by atoms with E-state index in [1.165, 1.54) is 22.3 Å². The molecule has 10 heterocycles. The highest BCUT2D eigenvalue weighted by Crippen LogP contribution is 2.44. The second-order valence-corrected chi connectivity index (χ2v) is 18.8. The lowest BCUT2D eigenvalue weighted by Gasteiger charge is -2.33. The molecule has 348 valence electrons. The molecule has 0 N–H and O–H groups in total.